The Bertz CT molecular complexity index is 580. The van der Waals surface area contributed by atoms with Crippen molar-refractivity contribution in [3.8, 4) is 0 Å². The number of nitrogens with zero attached hydrogens (tertiary/aromatic N) is 3. The van der Waals surface area contributed by atoms with Crippen molar-refractivity contribution in [1.29, 1.82) is 0 Å². The third-order valence-corrected chi connectivity index (χ3v) is 5.18. The smallest absolute Gasteiger partial charge is 0.356 e. The van der Waals surface area contributed by atoms with E-state index in [0.717, 1.165) is 31.7 Å². The Morgan fingerprint density at radius 3 is 2.38 bits per heavy atom. The number of nitrogens with one attached hydrogen (secondary N) is 1. The lowest BCUT2D eigenvalue weighted by molar-refractivity contribution is -0.149. The van der Waals surface area contributed by atoms with E-state index >= 15 is 0 Å². The molecule has 1 aromatic rings. The van der Waals surface area contributed by atoms with Gasteiger partial charge < -0.3 is 10.2 Å². The van der Waals surface area contributed by atoms with E-state index in [4.69, 9.17) is 0 Å². The maximum Gasteiger partial charge on any atom is 0.401 e. The summed E-state index contributed by atoms with van der Waals surface area (Å²) in [7, 11) is 0. The van der Waals surface area contributed by atoms with E-state index < -0.39 is 12.7 Å². The maximum absolute atomic E-state index is 12.4. The van der Waals surface area contributed by atoms with Gasteiger partial charge in [0.2, 0.25) is 5.91 Å². The zero-order valence-corrected chi connectivity index (χ0v) is 14.7. The number of aromatic nitrogens is 1. The summed E-state index contributed by atoms with van der Waals surface area (Å²) in [5, 5.41) is 3.10. The molecule has 5 nitrogen and oxygen atoms in total. The Morgan fingerprint density at radius 1 is 1.12 bits per heavy atom. The largest absolute Gasteiger partial charge is 0.401 e. The number of piperidine rings is 2. The average Bonchev–Trinajstić information content (AvgIpc) is 2.62. The number of halogens is 3. The normalized spacial score (nSPS) is 21.0. The minimum atomic E-state index is -4.17. The van der Waals surface area contributed by atoms with Crippen molar-refractivity contribution in [3.05, 3.63) is 24.4 Å². The van der Waals surface area contributed by atoms with Crippen LogP contribution in [0.4, 0.5) is 19.0 Å². The minimum absolute atomic E-state index is 0.00653. The fourth-order valence-corrected chi connectivity index (χ4v) is 3.72. The number of carbonyl (C=O) groups excluding carboxylic acids is 1. The standard InChI is InChI=1S/C18H25F3N4O/c19-18(20,21)13-24-9-4-14(5-10-24)17(26)23-15-6-11-25(12-7-15)16-3-1-2-8-22-16/h1-3,8,14-15H,4-7,9-13H2,(H,23,26). The molecule has 0 unspecified atom stereocenters. The summed E-state index contributed by atoms with van der Waals surface area (Å²) in [5.74, 6) is 0.774. The van der Waals surface area contributed by atoms with Gasteiger partial charge in [0.05, 0.1) is 6.54 Å². The summed E-state index contributed by atoms with van der Waals surface area (Å²) < 4.78 is 37.3. The van der Waals surface area contributed by atoms with Crippen LogP contribution in [-0.4, -0.2) is 60.7 Å². The van der Waals surface area contributed by atoms with E-state index in [1.165, 1.54) is 4.90 Å². The van der Waals surface area contributed by atoms with Gasteiger partial charge in [-0.25, -0.2) is 4.98 Å². The van der Waals surface area contributed by atoms with Crippen LogP contribution in [0.5, 0.6) is 0 Å². The molecule has 0 aliphatic carbocycles. The molecule has 144 valence electrons. The summed E-state index contributed by atoms with van der Waals surface area (Å²) >= 11 is 0. The van der Waals surface area contributed by atoms with Gasteiger partial charge in [-0.3, -0.25) is 9.69 Å². The van der Waals surface area contributed by atoms with Crippen molar-refractivity contribution >= 4 is 11.7 Å². The van der Waals surface area contributed by atoms with E-state index in [9.17, 15) is 18.0 Å². The fourth-order valence-electron chi connectivity index (χ4n) is 3.72. The molecule has 26 heavy (non-hydrogen) atoms. The highest BCUT2D eigenvalue weighted by Gasteiger charge is 2.34. The molecule has 2 aliphatic rings. The second kappa shape index (κ2) is 8.24. The molecular formula is C18H25F3N4O. The Morgan fingerprint density at radius 2 is 1.81 bits per heavy atom. The quantitative estimate of drug-likeness (QED) is 0.885. The number of likely N-dealkylation sites (tertiary alicyclic amines) is 1. The van der Waals surface area contributed by atoms with Gasteiger partial charge in [-0.05, 0) is 50.9 Å². The fraction of sp³-hybridized carbons (Fsp3) is 0.667. The highest BCUT2D eigenvalue weighted by molar-refractivity contribution is 5.79. The van der Waals surface area contributed by atoms with Crippen molar-refractivity contribution in [3.63, 3.8) is 0 Å². The SMILES string of the molecule is O=C(NC1CCN(c2ccccn2)CC1)C1CCN(CC(F)(F)F)CC1. The summed E-state index contributed by atoms with van der Waals surface area (Å²) in [6.07, 6.45) is 0.304. The minimum Gasteiger partial charge on any atom is -0.356 e. The molecule has 0 atom stereocenters. The Balaban J connectivity index is 1.40. The number of carbonyl (C=O) groups is 1. The number of hydrogen-bond donors (Lipinski definition) is 1. The summed E-state index contributed by atoms with van der Waals surface area (Å²) in [6.45, 7) is 1.46. The Labute approximate surface area is 151 Å². The summed E-state index contributed by atoms with van der Waals surface area (Å²) in [6, 6.07) is 5.96. The van der Waals surface area contributed by atoms with Gasteiger partial charge in [-0.1, -0.05) is 6.07 Å². The first-order valence-electron chi connectivity index (χ1n) is 9.16. The molecule has 2 aliphatic heterocycles. The van der Waals surface area contributed by atoms with Crippen molar-refractivity contribution in [1.82, 2.24) is 15.2 Å². The molecule has 0 bridgehead atoms. The molecule has 3 rings (SSSR count). The summed E-state index contributed by atoms with van der Waals surface area (Å²) in [4.78, 5) is 20.4. The van der Waals surface area contributed by atoms with Gasteiger partial charge in [-0.2, -0.15) is 13.2 Å². The van der Waals surface area contributed by atoms with Gasteiger partial charge >= 0.3 is 6.18 Å². The van der Waals surface area contributed by atoms with E-state index in [1.54, 1.807) is 6.20 Å². The first kappa shape index (κ1) is 18.9. The van der Waals surface area contributed by atoms with Crippen molar-refractivity contribution in [2.75, 3.05) is 37.6 Å². The van der Waals surface area contributed by atoms with Crippen LogP contribution < -0.4 is 10.2 Å². The predicted octanol–water partition coefficient (Wildman–Crippen LogP) is 2.44. The molecule has 0 spiro atoms. The van der Waals surface area contributed by atoms with Gasteiger partial charge in [-0.15, -0.1) is 0 Å². The van der Waals surface area contributed by atoms with E-state index in [-0.39, 0.29) is 17.9 Å². The molecule has 3 heterocycles. The van der Waals surface area contributed by atoms with Crippen LogP contribution in [0.15, 0.2) is 24.4 Å². The van der Waals surface area contributed by atoms with Crippen LogP contribution in [0.3, 0.4) is 0 Å². The Kier molecular flexibility index (Phi) is 6.01. The van der Waals surface area contributed by atoms with Crippen LogP contribution in [0, 0.1) is 5.92 Å². The molecule has 0 radical (unpaired) electrons. The lowest BCUT2D eigenvalue weighted by Gasteiger charge is -2.35. The Hall–Kier alpha value is -1.83. The molecule has 1 aromatic heterocycles. The highest BCUT2D eigenvalue weighted by atomic mass is 19.4. The summed E-state index contributed by atoms with van der Waals surface area (Å²) in [5.41, 5.74) is 0. The zero-order chi connectivity index (χ0) is 18.6. The van der Waals surface area contributed by atoms with Gasteiger partial charge in [0, 0.05) is 31.2 Å². The first-order chi connectivity index (χ1) is 12.4. The second-order valence-corrected chi connectivity index (χ2v) is 7.12. The van der Waals surface area contributed by atoms with Crippen LogP contribution in [0.2, 0.25) is 0 Å². The monoisotopic (exact) mass is 370 g/mol. The van der Waals surface area contributed by atoms with E-state index in [0.29, 0.717) is 25.9 Å². The van der Waals surface area contributed by atoms with Crippen LogP contribution in [0.1, 0.15) is 25.7 Å². The average molecular weight is 370 g/mol. The van der Waals surface area contributed by atoms with E-state index in [2.05, 4.69) is 15.2 Å². The third kappa shape index (κ3) is 5.33. The van der Waals surface area contributed by atoms with E-state index in [1.807, 2.05) is 18.2 Å². The molecule has 1 N–H and O–H groups in total. The van der Waals surface area contributed by atoms with Crippen molar-refractivity contribution < 1.29 is 18.0 Å². The highest BCUT2D eigenvalue weighted by Crippen LogP contribution is 2.23. The molecule has 0 aromatic carbocycles. The van der Waals surface area contributed by atoms with Gasteiger partial charge in [0.15, 0.2) is 0 Å². The van der Waals surface area contributed by atoms with Crippen molar-refractivity contribution in [2.45, 2.75) is 37.9 Å². The van der Waals surface area contributed by atoms with Crippen LogP contribution in [0.25, 0.3) is 0 Å². The predicted molar refractivity (Wildman–Crippen MR) is 92.8 cm³/mol. The second-order valence-electron chi connectivity index (χ2n) is 7.12. The van der Waals surface area contributed by atoms with Gasteiger partial charge in [0.1, 0.15) is 5.82 Å². The van der Waals surface area contributed by atoms with Crippen LogP contribution in [-0.2, 0) is 4.79 Å². The lowest BCUT2D eigenvalue weighted by Crippen LogP contribution is -2.49. The van der Waals surface area contributed by atoms with Crippen LogP contribution >= 0.6 is 0 Å². The molecule has 8 heteroatoms. The number of anilines is 1. The third-order valence-electron chi connectivity index (χ3n) is 5.18. The number of alkyl halides is 3. The first-order valence-corrected chi connectivity index (χ1v) is 9.16. The lowest BCUT2D eigenvalue weighted by atomic mass is 9.94. The number of amides is 1. The van der Waals surface area contributed by atoms with Crippen molar-refractivity contribution in [2.24, 2.45) is 5.92 Å². The molecule has 2 saturated heterocycles. The maximum atomic E-state index is 12.4. The molecular weight excluding hydrogens is 345 g/mol. The number of hydrogen-bond acceptors (Lipinski definition) is 4. The zero-order valence-electron chi connectivity index (χ0n) is 14.7. The molecule has 1 amide bonds. The number of pyridine rings is 1. The molecule has 2 fully saturated rings. The van der Waals surface area contributed by atoms with Gasteiger partial charge in [0.25, 0.3) is 0 Å². The topological polar surface area (TPSA) is 48.5 Å². The number of rotatable bonds is 4. The molecule has 0 saturated carbocycles.